The summed E-state index contributed by atoms with van der Waals surface area (Å²) in [5.74, 6) is -2.15. The monoisotopic (exact) mass is 532 g/mol. The van der Waals surface area contributed by atoms with Crippen molar-refractivity contribution in [1.82, 2.24) is 4.68 Å². The predicted molar refractivity (Wildman–Crippen MR) is 142 cm³/mol. The first kappa shape index (κ1) is 24.2. The van der Waals surface area contributed by atoms with E-state index in [2.05, 4.69) is 32.0 Å². The Hall–Kier alpha value is -3.91. The van der Waals surface area contributed by atoms with Crippen LogP contribution in [0.5, 0.6) is 0 Å². The molecule has 0 unspecified atom stereocenters. The number of halogens is 1. The molecule has 3 N–H and O–H groups in total. The summed E-state index contributed by atoms with van der Waals surface area (Å²) in [5.41, 5.74) is 8.36. The Labute approximate surface area is 211 Å². The van der Waals surface area contributed by atoms with Crippen LogP contribution in [0.2, 0.25) is 0 Å². The Morgan fingerprint density at radius 2 is 1.43 bits per heavy atom. The minimum Gasteiger partial charge on any atom is -0.320 e. The number of rotatable bonds is 4. The van der Waals surface area contributed by atoms with Crippen molar-refractivity contribution in [3.63, 3.8) is 0 Å². The molecule has 0 saturated heterocycles. The molecule has 4 aromatic rings. The summed E-state index contributed by atoms with van der Waals surface area (Å²) in [5, 5.41) is 6.27. The third-order valence-corrected chi connectivity index (χ3v) is 6.18. The number of hydrogen-bond donors (Lipinski definition) is 3. The van der Waals surface area contributed by atoms with E-state index in [-0.39, 0.29) is 5.69 Å². The van der Waals surface area contributed by atoms with Crippen LogP contribution >= 0.6 is 15.9 Å². The fourth-order valence-corrected chi connectivity index (χ4v) is 4.19. The molecule has 0 saturated carbocycles. The van der Waals surface area contributed by atoms with Gasteiger partial charge >= 0.3 is 11.8 Å². The van der Waals surface area contributed by atoms with Crippen molar-refractivity contribution in [1.29, 1.82) is 0 Å². The second kappa shape index (κ2) is 9.76. The minimum absolute atomic E-state index is 0.186. The summed E-state index contributed by atoms with van der Waals surface area (Å²) >= 11 is 3.44. The summed E-state index contributed by atoms with van der Waals surface area (Å²) in [6.45, 7) is 7.64. The molecule has 35 heavy (non-hydrogen) atoms. The summed E-state index contributed by atoms with van der Waals surface area (Å²) in [7, 11) is 0. The Bertz CT molecular complexity index is 1490. The fourth-order valence-electron chi connectivity index (χ4n) is 3.82. The van der Waals surface area contributed by atoms with Gasteiger partial charge in [0.1, 0.15) is 5.69 Å². The lowest BCUT2D eigenvalue weighted by Gasteiger charge is -2.14. The molecule has 0 aliphatic carbocycles. The maximum atomic E-state index is 13.3. The zero-order valence-corrected chi connectivity index (χ0v) is 21.4. The highest BCUT2D eigenvalue weighted by Gasteiger charge is 2.22. The lowest BCUT2D eigenvalue weighted by Crippen LogP contribution is -2.36. The second-order valence-electron chi connectivity index (χ2n) is 8.55. The zero-order chi connectivity index (χ0) is 25.3. The molecule has 3 aromatic carbocycles. The van der Waals surface area contributed by atoms with Crippen LogP contribution < -0.4 is 16.1 Å². The Balaban J connectivity index is 1.65. The lowest BCUT2D eigenvalue weighted by atomic mass is 10.1. The number of aromatic nitrogens is 1. The maximum absolute atomic E-state index is 13.3. The van der Waals surface area contributed by atoms with Crippen molar-refractivity contribution >= 4 is 55.9 Å². The number of anilines is 2. The van der Waals surface area contributed by atoms with E-state index in [0.717, 1.165) is 32.1 Å². The van der Waals surface area contributed by atoms with Gasteiger partial charge in [-0.25, -0.2) is 4.68 Å². The Morgan fingerprint density at radius 3 is 2.17 bits per heavy atom. The number of aryl methyl sites for hydroxylation is 4. The van der Waals surface area contributed by atoms with E-state index in [0.29, 0.717) is 16.9 Å². The average molecular weight is 533 g/mol. The van der Waals surface area contributed by atoms with Crippen molar-refractivity contribution in [2.75, 3.05) is 16.1 Å². The quantitative estimate of drug-likeness (QED) is 0.299. The van der Waals surface area contributed by atoms with Gasteiger partial charge in [-0.15, -0.1) is 0 Å². The molecule has 0 radical (unpaired) electrons. The molecule has 0 spiro atoms. The van der Waals surface area contributed by atoms with E-state index in [1.165, 1.54) is 4.68 Å². The smallest absolute Gasteiger partial charge is 0.320 e. The number of hydrogen-bond acceptors (Lipinski definition) is 3. The lowest BCUT2D eigenvalue weighted by molar-refractivity contribution is -0.133. The van der Waals surface area contributed by atoms with Crippen molar-refractivity contribution in [2.24, 2.45) is 0 Å². The number of fused-ring (bicyclic) bond motifs is 1. The van der Waals surface area contributed by atoms with E-state index < -0.39 is 17.7 Å². The van der Waals surface area contributed by atoms with Crippen LogP contribution in [0.1, 0.15) is 32.7 Å². The molecule has 178 valence electrons. The van der Waals surface area contributed by atoms with E-state index >= 15 is 0 Å². The first-order valence-corrected chi connectivity index (χ1v) is 11.8. The van der Waals surface area contributed by atoms with Crippen LogP contribution in [0, 0.1) is 27.7 Å². The van der Waals surface area contributed by atoms with E-state index in [1.807, 2.05) is 64.1 Å². The highest BCUT2D eigenvalue weighted by molar-refractivity contribution is 9.10. The molecule has 3 amide bonds. The topological polar surface area (TPSA) is 92.2 Å². The third kappa shape index (κ3) is 5.27. The van der Waals surface area contributed by atoms with E-state index in [1.54, 1.807) is 24.3 Å². The number of carbonyl (C=O) groups excluding carboxylic acids is 3. The van der Waals surface area contributed by atoms with Crippen LogP contribution in [-0.4, -0.2) is 22.4 Å². The molecule has 1 aromatic heterocycles. The maximum Gasteiger partial charge on any atom is 0.328 e. The Kier molecular flexibility index (Phi) is 6.75. The standard InChI is InChI=1S/C27H25BrN4O3/c1-15-6-9-21(18(4)11-15)29-25(33)24-14-19-13-20(28)8-10-23(19)32(24)31-27(35)26(34)30-22-12-16(2)5-7-17(22)3/h5-14H,1-4H3,(H,29,33)(H,30,34)(H,31,35). The molecule has 7 nitrogen and oxygen atoms in total. The minimum atomic E-state index is -0.896. The number of benzene rings is 3. The molecular formula is C27H25BrN4O3. The van der Waals surface area contributed by atoms with Crippen molar-refractivity contribution in [2.45, 2.75) is 27.7 Å². The highest BCUT2D eigenvalue weighted by Crippen LogP contribution is 2.25. The van der Waals surface area contributed by atoms with Crippen molar-refractivity contribution in [3.05, 3.63) is 93.1 Å². The second-order valence-corrected chi connectivity index (χ2v) is 9.47. The summed E-state index contributed by atoms with van der Waals surface area (Å²) in [4.78, 5) is 38.8. The van der Waals surface area contributed by atoms with Gasteiger partial charge in [0.05, 0.1) is 5.52 Å². The summed E-state index contributed by atoms with van der Waals surface area (Å²) in [6.07, 6.45) is 0. The molecule has 4 rings (SSSR count). The predicted octanol–water partition coefficient (Wildman–Crippen LogP) is 5.60. The van der Waals surface area contributed by atoms with Gasteiger partial charge in [0.25, 0.3) is 5.91 Å². The van der Waals surface area contributed by atoms with Gasteiger partial charge in [-0.1, -0.05) is 45.8 Å². The van der Waals surface area contributed by atoms with E-state index in [9.17, 15) is 14.4 Å². The van der Waals surface area contributed by atoms with Crippen molar-refractivity contribution in [3.8, 4) is 0 Å². The van der Waals surface area contributed by atoms with E-state index in [4.69, 9.17) is 0 Å². The molecule has 0 bridgehead atoms. The molecule has 1 heterocycles. The van der Waals surface area contributed by atoms with Crippen LogP contribution in [0.4, 0.5) is 11.4 Å². The van der Waals surface area contributed by atoms with Gasteiger partial charge in [0.15, 0.2) is 0 Å². The highest BCUT2D eigenvalue weighted by atomic mass is 79.9. The summed E-state index contributed by atoms with van der Waals surface area (Å²) in [6, 6.07) is 18.4. The first-order valence-electron chi connectivity index (χ1n) is 11.0. The van der Waals surface area contributed by atoms with Crippen LogP contribution in [0.25, 0.3) is 10.9 Å². The fraction of sp³-hybridized carbons (Fsp3) is 0.148. The first-order chi connectivity index (χ1) is 16.6. The number of nitrogens with one attached hydrogen (secondary N) is 3. The number of carbonyl (C=O) groups is 3. The number of nitrogens with zero attached hydrogens (tertiary/aromatic N) is 1. The molecule has 0 fully saturated rings. The largest absolute Gasteiger partial charge is 0.328 e. The van der Waals surface area contributed by atoms with Gasteiger partial charge in [-0.3, -0.25) is 19.8 Å². The molecule has 0 aliphatic rings. The third-order valence-electron chi connectivity index (χ3n) is 5.69. The zero-order valence-electron chi connectivity index (χ0n) is 19.8. The normalized spacial score (nSPS) is 10.8. The molecule has 0 atom stereocenters. The molecule has 8 heteroatoms. The van der Waals surface area contributed by atoms with Gasteiger partial charge < -0.3 is 10.6 Å². The van der Waals surface area contributed by atoms with Gasteiger partial charge in [-0.05, 0) is 80.8 Å². The van der Waals surface area contributed by atoms with Gasteiger partial charge in [0, 0.05) is 21.2 Å². The Morgan fingerprint density at radius 1 is 0.714 bits per heavy atom. The molecule has 0 aliphatic heterocycles. The van der Waals surface area contributed by atoms with Crippen molar-refractivity contribution < 1.29 is 14.4 Å². The molecular weight excluding hydrogens is 508 g/mol. The summed E-state index contributed by atoms with van der Waals surface area (Å²) < 4.78 is 2.16. The van der Waals surface area contributed by atoms with Crippen LogP contribution in [0.3, 0.4) is 0 Å². The van der Waals surface area contributed by atoms with Gasteiger partial charge in [-0.2, -0.15) is 0 Å². The van der Waals surface area contributed by atoms with Crippen LogP contribution in [0.15, 0.2) is 65.1 Å². The van der Waals surface area contributed by atoms with Crippen LogP contribution in [-0.2, 0) is 9.59 Å². The van der Waals surface area contributed by atoms with Gasteiger partial charge in [0.2, 0.25) is 0 Å². The number of amides is 3. The SMILES string of the molecule is Cc1ccc(NC(=O)c2cc3cc(Br)ccc3n2NC(=O)C(=O)Nc2cc(C)ccc2C)c(C)c1. The average Bonchev–Trinajstić information content (AvgIpc) is 3.15.